The highest BCUT2D eigenvalue weighted by molar-refractivity contribution is 14.0. The molecule has 0 radical (unpaired) electrons. The van der Waals surface area contributed by atoms with E-state index in [0.717, 1.165) is 17.5 Å². The number of aromatic nitrogens is 2. The van der Waals surface area contributed by atoms with Crippen molar-refractivity contribution >= 4 is 29.9 Å². The number of aryl methyl sites for hydroxylation is 2. The Morgan fingerprint density at radius 3 is 2.50 bits per heavy atom. The van der Waals surface area contributed by atoms with Crippen molar-refractivity contribution in [1.82, 2.24) is 20.4 Å². The van der Waals surface area contributed by atoms with Gasteiger partial charge in [-0.25, -0.2) is 9.67 Å². The molecule has 0 saturated heterocycles. The quantitative estimate of drug-likeness (QED) is 0.281. The molecule has 0 amide bonds. The molecule has 1 aromatic heterocycles. The van der Waals surface area contributed by atoms with Crippen LogP contribution in [0.3, 0.4) is 0 Å². The molecule has 0 atom stereocenters. The minimum absolute atomic E-state index is 0. The first kappa shape index (κ1) is 23.8. The third kappa shape index (κ3) is 6.15. The van der Waals surface area contributed by atoms with Crippen LogP contribution in [0, 0.1) is 26.2 Å². The fourth-order valence-corrected chi connectivity index (χ4v) is 2.63. The summed E-state index contributed by atoms with van der Waals surface area (Å²) in [5.41, 5.74) is 1.21. The van der Waals surface area contributed by atoms with Crippen molar-refractivity contribution in [3.8, 4) is 18.0 Å². The molecule has 0 spiro atoms. The fourth-order valence-electron chi connectivity index (χ4n) is 2.63. The predicted octanol–water partition coefficient (Wildman–Crippen LogP) is 3.81. The zero-order valence-electron chi connectivity index (χ0n) is 15.9. The second-order valence-corrected chi connectivity index (χ2v) is 5.93. The molecule has 9 heteroatoms. The van der Waals surface area contributed by atoms with Gasteiger partial charge in [-0.05, 0) is 44.5 Å². The SMILES string of the molecule is C#CCNC(=NCc1ccc(-n2nc(C)cc2C)cc1C(F)(F)F)NCC.I. The number of hydrogen-bond acceptors (Lipinski definition) is 2. The topological polar surface area (TPSA) is 54.2 Å². The third-order valence-electron chi connectivity index (χ3n) is 3.76. The van der Waals surface area contributed by atoms with Gasteiger partial charge in [-0.2, -0.15) is 18.3 Å². The lowest BCUT2D eigenvalue weighted by molar-refractivity contribution is -0.138. The van der Waals surface area contributed by atoms with Crippen LogP contribution < -0.4 is 10.6 Å². The van der Waals surface area contributed by atoms with Crippen LogP contribution in [0.2, 0.25) is 0 Å². The highest BCUT2D eigenvalue weighted by Gasteiger charge is 2.33. The van der Waals surface area contributed by atoms with E-state index in [9.17, 15) is 13.2 Å². The Balaban J connectivity index is 0.00000392. The van der Waals surface area contributed by atoms with Gasteiger partial charge < -0.3 is 10.6 Å². The van der Waals surface area contributed by atoms with Gasteiger partial charge in [0.05, 0.1) is 30.0 Å². The van der Waals surface area contributed by atoms with E-state index in [1.54, 1.807) is 19.9 Å². The molecule has 0 unspecified atom stereocenters. The summed E-state index contributed by atoms with van der Waals surface area (Å²) in [5.74, 6) is 2.77. The molecule has 0 fully saturated rings. The third-order valence-corrected chi connectivity index (χ3v) is 3.76. The van der Waals surface area contributed by atoms with Crippen molar-refractivity contribution in [1.29, 1.82) is 0 Å². The molecule has 0 aliphatic carbocycles. The summed E-state index contributed by atoms with van der Waals surface area (Å²) in [7, 11) is 0. The zero-order valence-corrected chi connectivity index (χ0v) is 18.2. The summed E-state index contributed by atoms with van der Waals surface area (Å²) in [6.45, 7) is 6.12. The average molecular weight is 505 g/mol. The van der Waals surface area contributed by atoms with Gasteiger partial charge in [0.25, 0.3) is 0 Å². The van der Waals surface area contributed by atoms with Gasteiger partial charge in [0.15, 0.2) is 5.96 Å². The van der Waals surface area contributed by atoms with Gasteiger partial charge in [-0.1, -0.05) is 12.0 Å². The van der Waals surface area contributed by atoms with E-state index in [2.05, 4.69) is 26.6 Å². The number of guanidine groups is 1. The highest BCUT2D eigenvalue weighted by Crippen LogP contribution is 2.34. The normalized spacial score (nSPS) is 11.5. The summed E-state index contributed by atoms with van der Waals surface area (Å²) in [5, 5.41) is 10.0. The average Bonchev–Trinajstić information content (AvgIpc) is 2.94. The standard InChI is InChI=1S/C19H22F3N5.HI/c1-5-9-24-18(23-6-2)25-12-15-7-8-16(11-17(15)19(20,21)22)27-14(4)10-13(3)26-27;/h1,7-8,10-11H,6,9,12H2,2-4H3,(H2,23,24,25);1H. The minimum atomic E-state index is -4.50. The first-order valence-corrected chi connectivity index (χ1v) is 8.45. The Kier molecular flexibility index (Phi) is 8.81. The maximum Gasteiger partial charge on any atom is 0.416 e. The molecule has 5 nitrogen and oxygen atoms in total. The largest absolute Gasteiger partial charge is 0.416 e. The van der Waals surface area contributed by atoms with Gasteiger partial charge in [-0.3, -0.25) is 0 Å². The number of hydrogen-bond donors (Lipinski definition) is 2. The summed E-state index contributed by atoms with van der Waals surface area (Å²) in [4.78, 5) is 4.20. The molecule has 152 valence electrons. The smallest absolute Gasteiger partial charge is 0.357 e. The van der Waals surface area contributed by atoms with E-state index >= 15 is 0 Å². The van der Waals surface area contributed by atoms with E-state index in [1.165, 1.54) is 10.7 Å². The molecule has 0 bridgehead atoms. The van der Waals surface area contributed by atoms with Crippen molar-refractivity contribution < 1.29 is 13.2 Å². The van der Waals surface area contributed by atoms with Crippen LogP contribution in [0.5, 0.6) is 0 Å². The Morgan fingerprint density at radius 1 is 1.25 bits per heavy atom. The van der Waals surface area contributed by atoms with Crippen LogP contribution >= 0.6 is 24.0 Å². The van der Waals surface area contributed by atoms with E-state index in [4.69, 9.17) is 6.42 Å². The maximum atomic E-state index is 13.6. The number of aliphatic imine (C=N–C) groups is 1. The molecule has 0 aliphatic heterocycles. The molecular weight excluding hydrogens is 482 g/mol. The van der Waals surface area contributed by atoms with Gasteiger partial charge in [-0.15, -0.1) is 30.4 Å². The van der Waals surface area contributed by atoms with Crippen molar-refractivity contribution in [2.24, 2.45) is 4.99 Å². The van der Waals surface area contributed by atoms with Crippen LogP contribution in [0.15, 0.2) is 29.3 Å². The number of rotatable bonds is 5. The Bertz CT molecular complexity index is 865. The lowest BCUT2D eigenvalue weighted by Crippen LogP contribution is -2.37. The summed E-state index contributed by atoms with van der Waals surface area (Å²) in [6.07, 6.45) is 0.697. The van der Waals surface area contributed by atoms with Crippen molar-refractivity contribution in [3.05, 3.63) is 46.8 Å². The van der Waals surface area contributed by atoms with Gasteiger partial charge >= 0.3 is 6.18 Å². The molecule has 2 aromatic rings. The molecule has 2 N–H and O–H groups in total. The van der Waals surface area contributed by atoms with Crippen LogP contribution in [0.25, 0.3) is 5.69 Å². The van der Waals surface area contributed by atoms with Crippen molar-refractivity contribution in [3.63, 3.8) is 0 Å². The zero-order chi connectivity index (χ0) is 20.0. The van der Waals surface area contributed by atoms with Crippen LogP contribution in [0.4, 0.5) is 13.2 Å². The first-order chi connectivity index (χ1) is 12.8. The molecule has 0 aliphatic rings. The highest BCUT2D eigenvalue weighted by atomic mass is 127. The van der Waals surface area contributed by atoms with Crippen LogP contribution in [-0.2, 0) is 12.7 Å². The summed E-state index contributed by atoms with van der Waals surface area (Å²) < 4.78 is 42.3. The van der Waals surface area contributed by atoms with E-state index in [-0.39, 0.29) is 42.6 Å². The van der Waals surface area contributed by atoms with Crippen LogP contribution in [-0.4, -0.2) is 28.8 Å². The van der Waals surface area contributed by atoms with Crippen molar-refractivity contribution in [2.45, 2.75) is 33.5 Å². The van der Waals surface area contributed by atoms with E-state index < -0.39 is 11.7 Å². The Hall–Kier alpha value is -2.22. The number of alkyl halides is 3. The van der Waals surface area contributed by atoms with Gasteiger partial charge in [0, 0.05) is 12.2 Å². The molecule has 1 heterocycles. The fraction of sp³-hybridized carbons (Fsp3) is 0.368. The predicted molar refractivity (Wildman–Crippen MR) is 115 cm³/mol. The van der Waals surface area contributed by atoms with Gasteiger partial charge in [0.2, 0.25) is 0 Å². The number of terminal acetylenes is 1. The van der Waals surface area contributed by atoms with E-state index in [0.29, 0.717) is 18.2 Å². The molecular formula is C19H23F3IN5. The first-order valence-electron chi connectivity index (χ1n) is 8.45. The number of nitrogens with zero attached hydrogens (tertiary/aromatic N) is 3. The number of benzene rings is 1. The van der Waals surface area contributed by atoms with Gasteiger partial charge in [0.1, 0.15) is 0 Å². The molecule has 2 rings (SSSR count). The lowest BCUT2D eigenvalue weighted by Gasteiger charge is -2.15. The van der Waals surface area contributed by atoms with E-state index in [1.807, 2.05) is 13.0 Å². The van der Waals surface area contributed by atoms with Crippen LogP contribution in [0.1, 0.15) is 29.4 Å². The molecule has 0 saturated carbocycles. The molecule has 1 aromatic carbocycles. The Labute approximate surface area is 179 Å². The monoisotopic (exact) mass is 505 g/mol. The van der Waals surface area contributed by atoms with Crippen molar-refractivity contribution in [2.75, 3.05) is 13.1 Å². The Morgan fingerprint density at radius 2 is 1.96 bits per heavy atom. The number of halogens is 4. The maximum absolute atomic E-state index is 13.6. The molecule has 28 heavy (non-hydrogen) atoms. The summed E-state index contributed by atoms with van der Waals surface area (Å²) >= 11 is 0. The summed E-state index contributed by atoms with van der Waals surface area (Å²) in [6, 6.07) is 5.96. The second-order valence-electron chi connectivity index (χ2n) is 5.93. The number of nitrogens with one attached hydrogen (secondary N) is 2. The lowest BCUT2D eigenvalue weighted by atomic mass is 10.1. The second kappa shape index (κ2) is 10.4. The minimum Gasteiger partial charge on any atom is -0.357 e.